The maximum Gasteiger partial charge on any atom is 0.266 e. The van der Waals surface area contributed by atoms with E-state index in [0.717, 1.165) is 55.6 Å². The van der Waals surface area contributed by atoms with Gasteiger partial charge in [0.15, 0.2) is 0 Å². The molecule has 266 valence electrons. The van der Waals surface area contributed by atoms with Crippen molar-refractivity contribution in [3.63, 3.8) is 0 Å². The molecular weight excluding hydrogens is 736 g/mol. The number of furan rings is 2. The van der Waals surface area contributed by atoms with Gasteiger partial charge in [-0.1, -0.05) is 103 Å². The fourth-order valence-electron chi connectivity index (χ4n) is 9.51. The Labute approximate surface area is 336 Å². The smallest absolute Gasteiger partial charge is 0.266 e. The topological polar surface area (TPSA) is 32.8 Å². The largest absolute Gasteiger partial charge is 0.464 e. The first-order valence-corrected chi connectivity index (χ1v) is 20.8. The molecule has 11 aromatic rings. The highest BCUT2D eigenvalue weighted by atomic mass is 32.1. The summed E-state index contributed by atoms with van der Waals surface area (Å²) in [5.74, 6) is 0. The Hall–Kier alpha value is -6.80. The molecule has 4 nitrogen and oxygen atoms in total. The summed E-state index contributed by atoms with van der Waals surface area (Å²) in [4.78, 5) is 5.07. The fourth-order valence-corrected chi connectivity index (χ4v) is 12.1. The van der Waals surface area contributed by atoms with Gasteiger partial charge in [-0.15, -0.1) is 22.7 Å². The Kier molecular flexibility index (Phi) is 6.53. The third-order valence-corrected chi connectivity index (χ3v) is 14.2. The molecule has 0 unspecified atom stereocenters. The maximum absolute atomic E-state index is 6.36. The first-order valence-electron chi connectivity index (χ1n) is 19.2. The zero-order chi connectivity index (χ0) is 37.2. The van der Waals surface area contributed by atoms with Gasteiger partial charge >= 0.3 is 0 Å². The molecule has 0 amide bonds. The molecule has 6 heterocycles. The third-order valence-electron chi connectivity index (χ3n) is 11.8. The number of benzene rings is 7. The molecule has 7 aromatic carbocycles. The van der Waals surface area contributed by atoms with Crippen molar-refractivity contribution in [3.8, 4) is 22.3 Å². The van der Waals surface area contributed by atoms with Crippen molar-refractivity contribution in [1.29, 1.82) is 0 Å². The zero-order valence-corrected chi connectivity index (χ0v) is 32.0. The van der Waals surface area contributed by atoms with E-state index in [2.05, 4.69) is 174 Å². The molecule has 0 radical (unpaired) electrons. The van der Waals surface area contributed by atoms with E-state index in [1.54, 1.807) is 0 Å². The average molecular weight is 765 g/mol. The SMILES string of the molecule is c1ccc(-c2c(N3c4cccc5c4B(c4sc6ccccc6c4N5c4ccc5ccoc5c4-c4ccccc4)c4c3sc3ccccc43)ccc3ccoc23)cc1. The van der Waals surface area contributed by atoms with Crippen LogP contribution in [0.2, 0.25) is 0 Å². The van der Waals surface area contributed by atoms with Crippen molar-refractivity contribution in [2.45, 2.75) is 0 Å². The summed E-state index contributed by atoms with van der Waals surface area (Å²) in [6, 6.07) is 59.3. The lowest BCUT2D eigenvalue weighted by Gasteiger charge is -2.42. The van der Waals surface area contributed by atoms with Crippen LogP contribution in [0.15, 0.2) is 185 Å². The molecule has 2 aliphatic rings. The van der Waals surface area contributed by atoms with Crippen LogP contribution in [0.3, 0.4) is 0 Å². The number of hydrogen-bond donors (Lipinski definition) is 0. The number of nitrogens with zero attached hydrogens (tertiary/aromatic N) is 2. The molecule has 13 rings (SSSR count). The highest BCUT2D eigenvalue weighted by Gasteiger charge is 2.47. The van der Waals surface area contributed by atoms with Crippen molar-refractivity contribution >= 4 is 121 Å². The lowest BCUT2D eigenvalue weighted by molar-refractivity contribution is 0.616. The number of hydrogen-bond acceptors (Lipinski definition) is 6. The second-order valence-electron chi connectivity index (χ2n) is 14.8. The summed E-state index contributed by atoms with van der Waals surface area (Å²) in [5.41, 5.74) is 14.6. The van der Waals surface area contributed by atoms with Crippen LogP contribution in [0.5, 0.6) is 0 Å². The lowest BCUT2D eigenvalue weighted by Crippen LogP contribution is -2.60. The second kappa shape index (κ2) is 11.9. The van der Waals surface area contributed by atoms with Crippen molar-refractivity contribution in [1.82, 2.24) is 0 Å². The standard InChI is InChI=1S/C50H29BN2O2S2/c1-3-12-30(13-4-1)42-36(24-22-32-26-28-54-47(32)42)52-38-18-11-19-39-45(38)51(49-46(52)35-17-8-10-21-41(35)56-49)44-34-16-7-9-20-40(34)57-50(44)53(39)37-25-23-33-27-29-55-48(33)43(37)31-14-5-2-6-15-31/h1-29H. The van der Waals surface area contributed by atoms with Crippen LogP contribution in [0, 0.1) is 0 Å². The minimum absolute atomic E-state index is 0.0160. The van der Waals surface area contributed by atoms with Crippen LogP contribution in [-0.2, 0) is 0 Å². The molecular formula is C50H29BN2O2S2. The summed E-state index contributed by atoms with van der Waals surface area (Å²) < 4.78 is 16.6. The van der Waals surface area contributed by atoms with Gasteiger partial charge in [-0.2, -0.15) is 0 Å². The number of rotatable bonds is 4. The minimum atomic E-state index is 0.0160. The predicted molar refractivity (Wildman–Crippen MR) is 242 cm³/mol. The number of fused-ring (bicyclic) bond motifs is 10. The van der Waals surface area contributed by atoms with Gasteiger partial charge in [-0.3, -0.25) is 0 Å². The first-order chi connectivity index (χ1) is 28.3. The zero-order valence-electron chi connectivity index (χ0n) is 30.3. The molecule has 4 aromatic heterocycles. The van der Waals surface area contributed by atoms with Crippen LogP contribution in [0.25, 0.3) is 64.4 Å². The summed E-state index contributed by atoms with van der Waals surface area (Å²) in [5, 5.41) is 5.97. The molecule has 2 aliphatic heterocycles. The molecule has 0 saturated heterocycles. The Morgan fingerprint density at radius 1 is 0.421 bits per heavy atom. The van der Waals surface area contributed by atoms with Gasteiger partial charge < -0.3 is 18.6 Å². The van der Waals surface area contributed by atoms with Crippen LogP contribution in [0.4, 0.5) is 33.4 Å². The van der Waals surface area contributed by atoms with E-state index in [9.17, 15) is 0 Å². The summed E-state index contributed by atoms with van der Waals surface area (Å²) >= 11 is 3.81. The van der Waals surface area contributed by atoms with Crippen molar-refractivity contribution in [3.05, 3.63) is 176 Å². The molecule has 0 N–H and O–H groups in total. The Bertz CT molecular complexity index is 3400. The van der Waals surface area contributed by atoms with Crippen LogP contribution in [-0.4, -0.2) is 6.71 Å². The second-order valence-corrected chi connectivity index (χ2v) is 16.9. The number of anilines is 6. The summed E-state index contributed by atoms with van der Waals surface area (Å²) in [7, 11) is 0. The number of thiophene rings is 2. The fraction of sp³-hybridized carbons (Fsp3) is 0. The van der Waals surface area contributed by atoms with Gasteiger partial charge in [0.25, 0.3) is 6.71 Å². The molecule has 57 heavy (non-hydrogen) atoms. The van der Waals surface area contributed by atoms with E-state index >= 15 is 0 Å². The predicted octanol–water partition coefficient (Wildman–Crippen LogP) is 13.0. The molecule has 7 heteroatoms. The van der Waals surface area contributed by atoms with E-state index in [0.29, 0.717) is 0 Å². The van der Waals surface area contributed by atoms with Gasteiger partial charge in [-0.05, 0) is 88.1 Å². The monoisotopic (exact) mass is 764 g/mol. The van der Waals surface area contributed by atoms with Crippen LogP contribution >= 0.6 is 22.7 Å². The Balaban J connectivity index is 1.18. The highest BCUT2D eigenvalue weighted by Crippen LogP contribution is 2.54. The van der Waals surface area contributed by atoms with Gasteiger partial charge in [0.1, 0.15) is 11.2 Å². The van der Waals surface area contributed by atoms with Crippen molar-refractivity contribution < 1.29 is 8.83 Å². The van der Waals surface area contributed by atoms with Gasteiger partial charge in [-0.25, -0.2) is 0 Å². The van der Waals surface area contributed by atoms with E-state index in [1.165, 1.54) is 57.9 Å². The normalized spacial score (nSPS) is 13.2. The molecule has 0 fully saturated rings. The van der Waals surface area contributed by atoms with E-state index in [4.69, 9.17) is 8.83 Å². The average Bonchev–Trinajstić information content (AvgIpc) is 4.09. The Morgan fingerprint density at radius 2 is 0.965 bits per heavy atom. The van der Waals surface area contributed by atoms with E-state index in [1.807, 2.05) is 35.2 Å². The van der Waals surface area contributed by atoms with E-state index < -0.39 is 0 Å². The van der Waals surface area contributed by atoms with Gasteiger partial charge in [0, 0.05) is 52.8 Å². The molecule has 0 aliphatic carbocycles. The first kappa shape index (κ1) is 31.4. The third kappa shape index (κ3) is 4.33. The quantitative estimate of drug-likeness (QED) is 0.167. The van der Waals surface area contributed by atoms with Crippen molar-refractivity contribution in [2.75, 3.05) is 9.80 Å². The lowest BCUT2D eigenvalue weighted by atomic mass is 9.36. The summed E-state index contributed by atoms with van der Waals surface area (Å²) in [6.45, 7) is 0.0160. The molecule has 0 saturated carbocycles. The maximum atomic E-state index is 6.36. The van der Waals surface area contributed by atoms with Gasteiger partial charge in [0.05, 0.1) is 34.6 Å². The molecule has 0 spiro atoms. The highest BCUT2D eigenvalue weighted by molar-refractivity contribution is 7.35. The van der Waals surface area contributed by atoms with Crippen LogP contribution in [0.1, 0.15) is 0 Å². The molecule has 0 atom stereocenters. The summed E-state index contributed by atoms with van der Waals surface area (Å²) in [6.07, 6.45) is 3.62. The van der Waals surface area contributed by atoms with Gasteiger partial charge in [0.2, 0.25) is 0 Å². The van der Waals surface area contributed by atoms with E-state index in [-0.39, 0.29) is 6.71 Å². The van der Waals surface area contributed by atoms with Crippen molar-refractivity contribution in [2.24, 2.45) is 0 Å². The van der Waals surface area contributed by atoms with Crippen LogP contribution < -0.4 is 25.5 Å². The Morgan fingerprint density at radius 3 is 1.61 bits per heavy atom. The molecule has 0 bridgehead atoms. The minimum Gasteiger partial charge on any atom is -0.464 e.